The highest BCUT2D eigenvalue weighted by Gasteiger charge is 2.14. The van der Waals surface area contributed by atoms with E-state index in [1.165, 1.54) is 5.56 Å². The van der Waals surface area contributed by atoms with Crippen LogP contribution < -0.4 is 5.73 Å². The van der Waals surface area contributed by atoms with E-state index in [9.17, 15) is 0 Å². The Hall–Kier alpha value is -1.61. The molecule has 3 nitrogen and oxygen atoms in total. The third-order valence-corrected chi connectivity index (χ3v) is 3.44. The second kappa shape index (κ2) is 5.83. The molecule has 0 fully saturated rings. The van der Waals surface area contributed by atoms with Crippen molar-refractivity contribution in [2.24, 2.45) is 5.73 Å². The lowest BCUT2D eigenvalue weighted by atomic mass is 10.0. The Morgan fingerprint density at radius 1 is 1.28 bits per heavy atom. The smallest absolute Gasteiger partial charge is 0.0951 e. The number of hydrogen-bond acceptors (Lipinski definition) is 2. The Bertz CT molecular complexity index is 475. The van der Waals surface area contributed by atoms with Crippen molar-refractivity contribution in [1.82, 2.24) is 9.55 Å². The van der Waals surface area contributed by atoms with Gasteiger partial charge in [-0.05, 0) is 25.3 Å². The summed E-state index contributed by atoms with van der Waals surface area (Å²) in [5.74, 6) is 0. The molecule has 0 radical (unpaired) electrons. The Morgan fingerprint density at radius 3 is 2.67 bits per heavy atom. The summed E-state index contributed by atoms with van der Waals surface area (Å²) in [7, 11) is 0. The molecule has 0 aliphatic rings. The maximum absolute atomic E-state index is 6.30. The summed E-state index contributed by atoms with van der Waals surface area (Å²) < 4.78 is 2.19. The van der Waals surface area contributed by atoms with E-state index >= 15 is 0 Å². The summed E-state index contributed by atoms with van der Waals surface area (Å²) in [6.07, 6.45) is 5.71. The zero-order valence-corrected chi connectivity index (χ0v) is 11.1. The molecule has 1 heterocycles. The number of benzene rings is 1. The molecular weight excluding hydrogens is 222 g/mol. The first-order valence-corrected chi connectivity index (χ1v) is 6.53. The number of imidazole rings is 1. The minimum absolute atomic E-state index is 0.00361. The fourth-order valence-electron chi connectivity index (χ4n) is 2.14. The predicted molar refractivity (Wildman–Crippen MR) is 74.3 cm³/mol. The maximum Gasteiger partial charge on any atom is 0.0951 e. The fraction of sp³-hybridized carbons (Fsp3) is 0.400. The molecule has 96 valence electrons. The second-order valence-electron chi connectivity index (χ2n) is 4.78. The van der Waals surface area contributed by atoms with E-state index in [-0.39, 0.29) is 6.04 Å². The van der Waals surface area contributed by atoms with Gasteiger partial charge < -0.3 is 10.3 Å². The normalized spacial score (nSPS) is 14.4. The third kappa shape index (κ3) is 2.79. The van der Waals surface area contributed by atoms with E-state index in [2.05, 4.69) is 35.5 Å². The van der Waals surface area contributed by atoms with Gasteiger partial charge in [-0.3, -0.25) is 0 Å². The van der Waals surface area contributed by atoms with Gasteiger partial charge in [0, 0.05) is 12.2 Å². The van der Waals surface area contributed by atoms with Gasteiger partial charge in [0.15, 0.2) is 0 Å². The minimum atomic E-state index is 0.00361. The molecule has 1 aromatic carbocycles. The van der Waals surface area contributed by atoms with Crippen LogP contribution in [0.5, 0.6) is 0 Å². The first-order chi connectivity index (χ1) is 8.72. The van der Waals surface area contributed by atoms with E-state index in [0.717, 1.165) is 18.5 Å². The van der Waals surface area contributed by atoms with Crippen LogP contribution in [0.1, 0.15) is 43.6 Å². The molecule has 0 spiro atoms. The highest BCUT2D eigenvalue weighted by molar-refractivity contribution is 5.18. The zero-order chi connectivity index (χ0) is 13.0. The standard InChI is InChI=1S/C15H21N3/c1-3-12(2)18-11-17-10-15(18)14(16)9-13-7-5-4-6-8-13/h4-8,10-12,14H,3,9,16H2,1-2H3/t12?,14-/m1/s1. The number of rotatable bonds is 5. The average molecular weight is 243 g/mol. The SMILES string of the molecule is CCC(C)n1cncc1[C@H](N)Cc1ccccc1. The first kappa shape index (κ1) is 12.8. The van der Waals surface area contributed by atoms with Gasteiger partial charge >= 0.3 is 0 Å². The molecule has 0 saturated heterocycles. The lowest BCUT2D eigenvalue weighted by Crippen LogP contribution is -2.19. The van der Waals surface area contributed by atoms with Crippen molar-refractivity contribution in [1.29, 1.82) is 0 Å². The van der Waals surface area contributed by atoms with Gasteiger partial charge in [0.2, 0.25) is 0 Å². The van der Waals surface area contributed by atoms with Gasteiger partial charge in [0.1, 0.15) is 0 Å². The Morgan fingerprint density at radius 2 is 2.00 bits per heavy atom. The molecule has 0 saturated carbocycles. The maximum atomic E-state index is 6.30. The topological polar surface area (TPSA) is 43.8 Å². The molecule has 1 unspecified atom stereocenters. The molecule has 0 amide bonds. The quantitative estimate of drug-likeness (QED) is 0.877. The van der Waals surface area contributed by atoms with Crippen LogP contribution in [0, 0.1) is 0 Å². The monoisotopic (exact) mass is 243 g/mol. The van der Waals surface area contributed by atoms with Crippen molar-refractivity contribution in [3.05, 3.63) is 54.1 Å². The number of nitrogens with zero attached hydrogens (tertiary/aromatic N) is 2. The molecule has 0 aliphatic carbocycles. The molecule has 0 bridgehead atoms. The zero-order valence-electron chi connectivity index (χ0n) is 11.1. The molecular formula is C15H21N3. The fourth-order valence-corrected chi connectivity index (χ4v) is 2.14. The number of aromatic nitrogens is 2. The van der Waals surface area contributed by atoms with E-state index < -0.39 is 0 Å². The van der Waals surface area contributed by atoms with Crippen molar-refractivity contribution in [3.8, 4) is 0 Å². The van der Waals surface area contributed by atoms with Crippen LogP contribution in [0.2, 0.25) is 0 Å². The van der Waals surface area contributed by atoms with Gasteiger partial charge in [-0.1, -0.05) is 37.3 Å². The van der Waals surface area contributed by atoms with E-state index in [1.807, 2.05) is 30.7 Å². The summed E-state index contributed by atoms with van der Waals surface area (Å²) in [6.45, 7) is 4.37. The summed E-state index contributed by atoms with van der Waals surface area (Å²) in [4.78, 5) is 4.24. The average Bonchev–Trinajstić information content (AvgIpc) is 2.88. The molecule has 2 N–H and O–H groups in total. The minimum Gasteiger partial charge on any atom is -0.330 e. The van der Waals surface area contributed by atoms with Gasteiger partial charge in [-0.25, -0.2) is 4.98 Å². The molecule has 3 heteroatoms. The van der Waals surface area contributed by atoms with Crippen molar-refractivity contribution < 1.29 is 0 Å². The van der Waals surface area contributed by atoms with Crippen molar-refractivity contribution in [3.63, 3.8) is 0 Å². The lowest BCUT2D eigenvalue weighted by molar-refractivity contribution is 0.491. The number of nitrogens with two attached hydrogens (primary N) is 1. The molecule has 2 rings (SSSR count). The van der Waals surface area contributed by atoms with Crippen LogP contribution in [0.25, 0.3) is 0 Å². The molecule has 2 atom stereocenters. The Kier molecular flexibility index (Phi) is 4.15. The predicted octanol–water partition coefficient (Wildman–Crippen LogP) is 3.10. The second-order valence-corrected chi connectivity index (χ2v) is 4.78. The van der Waals surface area contributed by atoms with E-state index in [1.54, 1.807) is 0 Å². The van der Waals surface area contributed by atoms with Gasteiger partial charge in [-0.15, -0.1) is 0 Å². The van der Waals surface area contributed by atoms with Crippen LogP contribution in [-0.2, 0) is 6.42 Å². The van der Waals surface area contributed by atoms with Crippen LogP contribution in [-0.4, -0.2) is 9.55 Å². The van der Waals surface area contributed by atoms with Gasteiger partial charge in [-0.2, -0.15) is 0 Å². The van der Waals surface area contributed by atoms with Crippen LogP contribution in [0.3, 0.4) is 0 Å². The van der Waals surface area contributed by atoms with Crippen LogP contribution in [0.4, 0.5) is 0 Å². The summed E-state index contributed by atoms with van der Waals surface area (Å²) in [6, 6.07) is 10.8. The first-order valence-electron chi connectivity index (χ1n) is 6.53. The van der Waals surface area contributed by atoms with E-state index in [0.29, 0.717) is 6.04 Å². The largest absolute Gasteiger partial charge is 0.330 e. The van der Waals surface area contributed by atoms with Gasteiger partial charge in [0.05, 0.1) is 18.1 Å². The molecule has 0 aliphatic heterocycles. The molecule has 18 heavy (non-hydrogen) atoms. The summed E-state index contributed by atoms with van der Waals surface area (Å²) in [5, 5.41) is 0. The Labute approximate surface area is 109 Å². The van der Waals surface area contributed by atoms with Crippen molar-refractivity contribution >= 4 is 0 Å². The number of hydrogen-bond donors (Lipinski definition) is 1. The van der Waals surface area contributed by atoms with Crippen molar-refractivity contribution in [2.75, 3.05) is 0 Å². The van der Waals surface area contributed by atoms with Gasteiger partial charge in [0.25, 0.3) is 0 Å². The van der Waals surface area contributed by atoms with Crippen molar-refractivity contribution in [2.45, 2.75) is 38.8 Å². The Balaban J connectivity index is 2.14. The van der Waals surface area contributed by atoms with Crippen LogP contribution >= 0.6 is 0 Å². The highest BCUT2D eigenvalue weighted by Crippen LogP contribution is 2.20. The lowest BCUT2D eigenvalue weighted by Gasteiger charge is -2.19. The van der Waals surface area contributed by atoms with E-state index in [4.69, 9.17) is 5.73 Å². The third-order valence-electron chi connectivity index (χ3n) is 3.44. The van der Waals surface area contributed by atoms with Crippen LogP contribution in [0.15, 0.2) is 42.9 Å². The highest BCUT2D eigenvalue weighted by atomic mass is 15.1. The molecule has 1 aromatic heterocycles. The molecule has 2 aromatic rings. The summed E-state index contributed by atoms with van der Waals surface area (Å²) in [5.41, 5.74) is 8.69. The summed E-state index contributed by atoms with van der Waals surface area (Å²) >= 11 is 0.